The minimum atomic E-state index is -1.30. The van der Waals surface area contributed by atoms with Crippen LogP contribution < -0.4 is 14.2 Å². The Bertz CT molecular complexity index is 952. The number of carbonyl (C=O) groups is 1. The van der Waals surface area contributed by atoms with Gasteiger partial charge in [-0.2, -0.15) is 0 Å². The minimum Gasteiger partial charge on any atom is -0.496 e. The summed E-state index contributed by atoms with van der Waals surface area (Å²) >= 11 is 0. The highest BCUT2D eigenvalue weighted by atomic mass is 16.5. The molecule has 7 heteroatoms. The molecule has 3 rings (SSSR count). The van der Waals surface area contributed by atoms with Gasteiger partial charge in [0.15, 0.2) is 17.3 Å². The van der Waals surface area contributed by atoms with Crippen molar-refractivity contribution in [3.05, 3.63) is 53.1 Å². The molecule has 1 aliphatic heterocycles. The Hall–Kier alpha value is -2.61. The second kappa shape index (κ2) is 12.2. The number of nitrogens with zero attached hydrogens (tertiary/aromatic N) is 1. The Labute approximate surface area is 202 Å². The smallest absolute Gasteiger partial charge is 0.195 e. The van der Waals surface area contributed by atoms with Crippen LogP contribution in [0.3, 0.4) is 0 Å². The van der Waals surface area contributed by atoms with Gasteiger partial charge < -0.3 is 29.0 Å². The molecule has 7 nitrogen and oxygen atoms in total. The Balaban J connectivity index is 1.68. The molecule has 1 heterocycles. The normalized spacial score (nSPS) is 15.9. The molecule has 0 bridgehead atoms. The molecule has 1 unspecified atom stereocenters. The number of ketones is 1. The van der Waals surface area contributed by atoms with Crippen molar-refractivity contribution in [2.24, 2.45) is 0 Å². The Morgan fingerprint density at radius 1 is 0.971 bits per heavy atom. The highest BCUT2D eigenvalue weighted by Gasteiger charge is 2.26. The molecule has 1 saturated heterocycles. The van der Waals surface area contributed by atoms with Gasteiger partial charge in [-0.25, -0.2) is 0 Å². The minimum absolute atomic E-state index is 0.259. The number of carbonyl (C=O) groups excluding carboxylic acids is 1. The number of aliphatic hydroxyl groups is 1. The second-order valence-corrected chi connectivity index (χ2v) is 8.87. The fourth-order valence-electron chi connectivity index (χ4n) is 4.42. The quantitative estimate of drug-likeness (QED) is 0.491. The first-order chi connectivity index (χ1) is 16.4. The molecule has 1 atom stereocenters. The number of Topliss-reactive ketones (excluding diaryl/α,β-unsaturated/α-hetero) is 1. The van der Waals surface area contributed by atoms with E-state index in [1.54, 1.807) is 31.4 Å². The molecule has 0 saturated carbocycles. The summed E-state index contributed by atoms with van der Waals surface area (Å²) in [5.74, 6) is 1.64. The Morgan fingerprint density at radius 3 is 2.26 bits per heavy atom. The average Bonchev–Trinajstić information content (AvgIpc) is 2.87. The fraction of sp³-hybridized carbons (Fsp3) is 0.519. The monoisotopic (exact) mass is 471 g/mol. The fourth-order valence-corrected chi connectivity index (χ4v) is 4.42. The van der Waals surface area contributed by atoms with Gasteiger partial charge >= 0.3 is 0 Å². The van der Waals surface area contributed by atoms with E-state index < -0.39 is 11.9 Å². The molecule has 1 fully saturated rings. The molecule has 2 aromatic rings. The van der Waals surface area contributed by atoms with Crippen LogP contribution in [0.1, 0.15) is 60.2 Å². The van der Waals surface area contributed by atoms with Crippen LogP contribution in [0.2, 0.25) is 0 Å². The molecular weight excluding hydrogens is 434 g/mol. The van der Waals surface area contributed by atoms with E-state index in [-0.39, 0.29) is 6.10 Å². The number of hydrogen-bond donors (Lipinski definition) is 1. The molecule has 0 radical (unpaired) electrons. The van der Waals surface area contributed by atoms with Crippen molar-refractivity contribution in [2.75, 3.05) is 47.6 Å². The van der Waals surface area contributed by atoms with Gasteiger partial charge in [-0.15, -0.1) is 0 Å². The lowest BCUT2D eigenvalue weighted by Crippen LogP contribution is -2.35. The van der Waals surface area contributed by atoms with Crippen molar-refractivity contribution in [2.45, 2.75) is 44.8 Å². The van der Waals surface area contributed by atoms with Gasteiger partial charge in [0.1, 0.15) is 11.9 Å². The van der Waals surface area contributed by atoms with Gasteiger partial charge in [-0.3, -0.25) is 4.79 Å². The zero-order valence-corrected chi connectivity index (χ0v) is 20.9. The van der Waals surface area contributed by atoms with Gasteiger partial charge in [-0.05, 0) is 81.1 Å². The van der Waals surface area contributed by atoms with Crippen molar-refractivity contribution in [1.29, 1.82) is 0 Å². The average molecular weight is 472 g/mol. The van der Waals surface area contributed by atoms with Gasteiger partial charge in [0, 0.05) is 12.1 Å². The van der Waals surface area contributed by atoms with Crippen molar-refractivity contribution in [3.63, 3.8) is 0 Å². The third kappa shape index (κ3) is 6.29. The zero-order valence-electron chi connectivity index (χ0n) is 20.9. The first-order valence-corrected chi connectivity index (χ1v) is 11.8. The van der Waals surface area contributed by atoms with Crippen LogP contribution in [-0.2, 0) is 4.74 Å². The largest absolute Gasteiger partial charge is 0.496 e. The van der Waals surface area contributed by atoms with Crippen LogP contribution >= 0.6 is 0 Å². The van der Waals surface area contributed by atoms with Crippen LogP contribution in [0, 0.1) is 0 Å². The van der Waals surface area contributed by atoms with E-state index in [0.29, 0.717) is 34.3 Å². The van der Waals surface area contributed by atoms with E-state index in [0.717, 1.165) is 44.6 Å². The number of methoxy groups -OCH3 is 3. The molecule has 0 spiro atoms. The highest BCUT2D eigenvalue weighted by molar-refractivity contribution is 6.00. The van der Waals surface area contributed by atoms with Crippen LogP contribution in [0.4, 0.5) is 0 Å². The summed E-state index contributed by atoms with van der Waals surface area (Å²) in [6.45, 7) is 7.84. The molecule has 0 aliphatic carbocycles. The van der Waals surface area contributed by atoms with Crippen molar-refractivity contribution >= 4 is 5.78 Å². The number of benzene rings is 2. The maximum Gasteiger partial charge on any atom is 0.195 e. The van der Waals surface area contributed by atoms with Crippen molar-refractivity contribution in [3.8, 4) is 17.2 Å². The molecule has 186 valence electrons. The second-order valence-electron chi connectivity index (χ2n) is 8.87. The lowest BCUT2D eigenvalue weighted by Gasteiger charge is -2.33. The zero-order chi connectivity index (χ0) is 24.7. The number of likely N-dealkylation sites (tertiary alicyclic amines) is 1. The van der Waals surface area contributed by atoms with E-state index in [9.17, 15) is 9.90 Å². The van der Waals surface area contributed by atoms with Crippen molar-refractivity contribution < 1.29 is 28.8 Å². The molecule has 1 N–H and O–H groups in total. The van der Waals surface area contributed by atoms with Crippen LogP contribution in [0.15, 0.2) is 36.4 Å². The topological polar surface area (TPSA) is 77.5 Å². The summed E-state index contributed by atoms with van der Waals surface area (Å²) in [7, 11) is 4.67. The first kappa shape index (κ1) is 26.0. The molecule has 34 heavy (non-hydrogen) atoms. The summed E-state index contributed by atoms with van der Waals surface area (Å²) in [5, 5.41) is 10.8. The predicted octanol–water partition coefficient (Wildman–Crippen LogP) is 4.23. The van der Waals surface area contributed by atoms with E-state index in [1.165, 1.54) is 14.2 Å². The van der Waals surface area contributed by atoms with Gasteiger partial charge in [0.25, 0.3) is 0 Å². The standard InChI is InChI=1S/C27H37NO6/c1-18(2)34-15-14-28-12-10-19(11-13-28)22-8-6-20(16-24(22)32-4)26(29)27(30)21-7-9-23(31-3)25(17-21)33-5/h6-9,16-19,26,29H,10-15H2,1-5H3. The third-order valence-electron chi connectivity index (χ3n) is 6.38. The van der Waals surface area contributed by atoms with E-state index in [2.05, 4.69) is 18.7 Å². The first-order valence-electron chi connectivity index (χ1n) is 11.8. The lowest BCUT2D eigenvalue weighted by atomic mass is 9.87. The van der Waals surface area contributed by atoms with Crippen LogP contribution in [0.25, 0.3) is 0 Å². The Kier molecular flexibility index (Phi) is 9.33. The predicted molar refractivity (Wildman–Crippen MR) is 131 cm³/mol. The van der Waals surface area contributed by atoms with Gasteiger partial charge in [0.05, 0.1) is 34.0 Å². The van der Waals surface area contributed by atoms with Crippen LogP contribution in [0.5, 0.6) is 17.2 Å². The number of hydrogen-bond acceptors (Lipinski definition) is 7. The number of piperidine rings is 1. The summed E-state index contributed by atoms with van der Waals surface area (Å²) in [5.41, 5.74) is 1.97. The SMILES string of the molecule is COc1ccc(C(=O)C(O)c2ccc(C3CCN(CCOC(C)C)CC3)c(OC)c2)cc1OC. The molecular formula is C27H37NO6. The van der Waals surface area contributed by atoms with Gasteiger partial charge in [0.2, 0.25) is 0 Å². The lowest BCUT2D eigenvalue weighted by molar-refractivity contribution is 0.0535. The molecule has 0 aromatic heterocycles. The van der Waals surface area contributed by atoms with Gasteiger partial charge in [-0.1, -0.05) is 12.1 Å². The maximum atomic E-state index is 13.0. The summed E-state index contributed by atoms with van der Waals surface area (Å²) in [6.07, 6.45) is 1.02. The summed E-state index contributed by atoms with van der Waals surface area (Å²) in [4.78, 5) is 15.4. The summed E-state index contributed by atoms with van der Waals surface area (Å²) < 4.78 is 21.9. The van der Waals surface area contributed by atoms with E-state index >= 15 is 0 Å². The van der Waals surface area contributed by atoms with Crippen LogP contribution in [-0.4, -0.2) is 69.5 Å². The molecule has 2 aromatic carbocycles. The Morgan fingerprint density at radius 2 is 1.65 bits per heavy atom. The number of ether oxygens (including phenoxy) is 4. The van der Waals surface area contributed by atoms with Crippen molar-refractivity contribution in [1.82, 2.24) is 4.90 Å². The highest BCUT2D eigenvalue weighted by Crippen LogP contribution is 2.36. The molecule has 0 amide bonds. The van der Waals surface area contributed by atoms with E-state index in [1.807, 2.05) is 12.1 Å². The maximum absolute atomic E-state index is 13.0. The summed E-state index contributed by atoms with van der Waals surface area (Å²) in [6, 6.07) is 10.4. The third-order valence-corrected chi connectivity index (χ3v) is 6.38. The van der Waals surface area contributed by atoms with E-state index in [4.69, 9.17) is 18.9 Å². The number of aliphatic hydroxyl groups excluding tert-OH is 1. The molecule has 1 aliphatic rings. The number of rotatable bonds is 11.